The smallest absolute Gasteiger partial charge is 0.303 e. The summed E-state index contributed by atoms with van der Waals surface area (Å²) < 4.78 is 27.4. The normalized spacial score (nSPS) is 22.4. The Labute approximate surface area is 182 Å². The molecule has 0 unspecified atom stereocenters. The lowest BCUT2D eigenvalue weighted by molar-refractivity contribution is -0.221. The second-order valence-corrected chi connectivity index (χ2v) is 6.94. The molecule has 1 aromatic heterocycles. The Morgan fingerprint density at radius 2 is 1.56 bits per heavy atom. The number of carbonyl (C=O) groups excluding carboxylic acids is 4. The number of ketones is 1. The Hall–Kier alpha value is -3.48. The van der Waals surface area contributed by atoms with Gasteiger partial charge in [0.15, 0.2) is 30.3 Å². The second kappa shape index (κ2) is 10.2. The maximum Gasteiger partial charge on any atom is 0.303 e. The molecule has 176 valence electrons. The van der Waals surface area contributed by atoms with Crippen LogP contribution in [0.25, 0.3) is 0 Å². The molecule has 32 heavy (non-hydrogen) atoms. The van der Waals surface area contributed by atoms with E-state index in [1.54, 1.807) is 0 Å². The van der Waals surface area contributed by atoms with Crippen molar-refractivity contribution in [3.05, 3.63) is 15.9 Å². The summed E-state index contributed by atoms with van der Waals surface area (Å²) in [7, 11) is 2.67. The van der Waals surface area contributed by atoms with E-state index in [1.807, 2.05) is 0 Å². The van der Waals surface area contributed by atoms with Crippen LogP contribution in [-0.2, 0) is 40.4 Å². The van der Waals surface area contributed by atoms with Crippen molar-refractivity contribution in [2.24, 2.45) is 7.05 Å². The zero-order valence-corrected chi connectivity index (χ0v) is 18.5. The summed E-state index contributed by atoms with van der Waals surface area (Å²) in [5.41, 5.74) is -0.967. The summed E-state index contributed by atoms with van der Waals surface area (Å²) in [6.45, 7) is 4.35. The molecule has 0 saturated carbocycles. The molecule has 1 aliphatic rings. The number of hydrogen-bond acceptors (Lipinski definition) is 12. The van der Waals surface area contributed by atoms with Crippen molar-refractivity contribution in [3.8, 4) is 6.01 Å². The second-order valence-electron chi connectivity index (χ2n) is 6.94. The Morgan fingerprint density at radius 3 is 2.06 bits per heavy atom. The van der Waals surface area contributed by atoms with E-state index in [0.29, 0.717) is 0 Å². The third-order valence-electron chi connectivity index (χ3n) is 4.41. The van der Waals surface area contributed by atoms with Gasteiger partial charge in [-0.2, -0.15) is 4.98 Å². The summed E-state index contributed by atoms with van der Waals surface area (Å²) in [6, 6.07) is -0.100. The predicted octanol–water partition coefficient (Wildman–Crippen LogP) is -0.445. The molecule has 0 amide bonds. The molecular weight excluding hydrogens is 430 g/mol. The van der Waals surface area contributed by atoms with Gasteiger partial charge >= 0.3 is 23.9 Å². The van der Waals surface area contributed by atoms with Crippen molar-refractivity contribution in [3.63, 3.8) is 0 Å². The van der Waals surface area contributed by atoms with Crippen molar-refractivity contribution in [1.29, 1.82) is 0 Å². The van der Waals surface area contributed by atoms with Crippen molar-refractivity contribution in [2.75, 3.05) is 19.0 Å². The van der Waals surface area contributed by atoms with Gasteiger partial charge in [0.1, 0.15) is 11.4 Å². The molecule has 1 saturated heterocycles. The van der Waals surface area contributed by atoms with Gasteiger partial charge in [-0.15, -0.1) is 0 Å². The molecule has 4 atom stereocenters. The van der Waals surface area contributed by atoms with Crippen LogP contribution in [0.1, 0.15) is 38.1 Å². The molecule has 0 radical (unpaired) electrons. The van der Waals surface area contributed by atoms with Crippen LogP contribution in [0.2, 0.25) is 0 Å². The first-order chi connectivity index (χ1) is 15.0. The number of anilines is 1. The van der Waals surface area contributed by atoms with Crippen LogP contribution in [0.5, 0.6) is 6.01 Å². The molecule has 1 aliphatic heterocycles. The molecule has 0 spiro atoms. The Balaban J connectivity index is 2.51. The van der Waals surface area contributed by atoms with Crippen LogP contribution in [0.15, 0.2) is 4.79 Å². The third kappa shape index (κ3) is 5.60. The molecule has 1 fully saturated rings. The maximum absolute atomic E-state index is 12.6. The number of methoxy groups -OCH3 is 1. The van der Waals surface area contributed by atoms with Crippen LogP contribution in [-0.4, -0.2) is 71.5 Å². The van der Waals surface area contributed by atoms with Crippen molar-refractivity contribution in [2.45, 2.75) is 52.2 Å². The fourth-order valence-electron chi connectivity index (χ4n) is 3.19. The van der Waals surface area contributed by atoms with E-state index in [-0.39, 0.29) is 24.0 Å². The summed E-state index contributed by atoms with van der Waals surface area (Å²) in [6.07, 6.45) is -4.85. The highest BCUT2D eigenvalue weighted by Crippen LogP contribution is 2.26. The van der Waals surface area contributed by atoms with E-state index in [4.69, 9.17) is 23.7 Å². The van der Waals surface area contributed by atoms with E-state index in [0.717, 1.165) is 25.3 Å². The molecule has 1 aromatic rings. The van der Waals surface area contributed by atoms with Gasteiger partial charge in [0.2, 0.25) is 0 Å². The van der Waals surface area contributed by atoms with Crippen molar-refractivity contribution < 1.29 is 42.9 Å². The minimum absolute atomic E-state index is 0.100. The van der Waals surface area contributed by atoms with Crippen LogP contribution < -0.4 is 15.6 Å². The molecule has 13 heteroatoms. The summed E-state index contributed by atoms with van der Waals surface area (Å²) in [5, 5.41) is 2.75. The number of esters is 3. The Kier molecular flexibility index (Phi) is 7.92. The van der Waals surface area contributed by atoms with Crippen LogP contribution in [0, 0.1) is 0 Å². The van der Waals surface area contributed by atoms with Crippen LogP contribution >= 0.6 is 0 Å². The lowest BCUT2D eigenvalue weighted by Gasteiger charge is -2.40. The first-order valence-corrected chi connectivity index (χ1v) is 9.52. The third-order valence-corrected chi connectivity index (χ3v) is 4.41. The summed E-state index contributed by atoms with van der Waals surface area (Å²) in [5.74, 6) is -2.90. The first kappa shape index (κ1) is 24.8. The molecule has 0 bridgehead atoms. The monoisotopic (exact) mass is 455 g/mol. The molecule has 1 N–H and O–H groups in total. The zero-order chi connectivity index (χ0) is 24.2. The largest absolute Gasteiger partial charge is 0.468 e. The first-order valence-electron chi connectivity index (χ1n) is 9.52. The Morgan fingerprint density at radius 1 is 1.00 bits per heavy atom. The van der Waals surface area contributed by atoms with E-state index < -0.39 is 53.8 Å². The number of aromatic nitrogens is 2. The van der Waals surface area contributed by atoms with Gasteiger partial charge in [0.25, 0.3) is 5.56 Å². The number of rotatable bonds is 7. The van der Waals surface area contributed by atoms with Gasteiger partial charge in [-0.3, -0.25) is 28.5 Å². The van der Waals surface area contributed by atoms with Gasteiger partial charge in [0, 0.05) is 27.8 Å². The van der Waals surface area contributed by atoms with E-state index >= 15 is 0 Å². The molecule has 2 rings (SSSR count). The molecule has 0 aromatic carbocycles. The summed E-state index contributed by atoms with van der Waals surface area (Å²) >= 11 is 0. The number of hydrogen-bond donors (Lipinski definition) is 1. The van der Waals surface area contributed by atoms with E-state index in [1.165, 1.54) is 21.1 Å². The van der Waals surface area contributed by atoms with Gasteiger partial charge in [-0.05, 0) is 6.92 Å². The minimum Gasteiger partial charge on any atom is -0.468 e. The predicted molar refractivity (Wildman–Crippen MR) is 106 cm³/mol. The average molecular weight is 455 g/mol. The maximum atomic E-state index is 12.6. The number of nitrogens with zero attached hydrogens (tertiary/aromatic N) is 2. The molecule has 13 nitrogen and oxygen atoms in total. The average Bonchev–Trinajstić information content (AvgIpc) is 2.67. The number of ether oxygens (including phenoxy) is 5. The quantitative estimate of drug-likeness (QED) is 0.321. The number of carbonyl (C=O) groups is 4. The molecule has 0 aliphatic carbocycles. The molecule has 2 heterocycles. The highest BCUT2D eigenvalue weighted by Gasteiger charge is 2.47. The minimum atomic E-state index is -1.31. The van der Waals surface area contributed by atoms with Crippen LogP contribution in [0.3, 0.4) is 0 Å². The lowest BCUT2D eigenvalue weighted by atomic mass is 10.0. The highest BCUT2D eigenvalue weighted by atomic mass is 16.6. The topological polar surface area (TPSA) is 161 Å². The number of nitrogens with one attached hydrogen (secondary N) is 1. The highest BCUT2D eigenvalue weighted by molar-refractivity contribution is 5.98. The van der Waals surface area contributed by atoms with Crippen LogP contribution in [0.4, 0.5) is 5.82 Å². The van der Waals surface area contributed by atoms with Gasteiger partial charge in [-0.1, -0.05) is 0 Å². The Bertz CT molecular complexity index is 973. The van der Waals surface area contributed by atoms with Crippen molar-refractivity contribution >= 4 is 29.5 Å². The van der Waals surface area contributed by atoms with E-state index in [9.17, 15) is 24.0 Å². The van der Waals surface area contributed by atoms with Crippen molar-refractivity contribution in [1.82, 2.24) is 9.55 Å². The number of Topliss-reactive ketones (excluding diaryl/α,β-unsaturated/α-hetero) is 1. The van der Waals surface area contributed by atoms with Gasteiger partial charge in [-0.25, -0.2) is 0 Å². The fourth-order valence-corrected chi connectivity index (χ4v) is 3.19. The fraction of sp³-hybridized carbons (Fsp3) is 0.579. The zero-order valence-electron chi connectivity index (χ0n) is 18.5. The lowest BCUT2D eigenvalue weighted by Crippen LogP contribution is -2.59. The van der Waals surface area contributed by atoms with Gasteiger partial charge < -0.3 is 29.0 Å². The van der Waals surface area contributed by atoms with Gasteiger partial charge in [0.05, 0.1) is 13.7 Å². The molecular formula is C19H25N3O10. The SMILES string of the molecule is COc1nc(N[C@@H]2OC[C@@H](OC(C)=O)[C@H](OC(C)=O)[C@H]2OC(C)=O)c(C(C)=O)c(=O)n1C. The van der Waals surface area contributed by atoms with E-state index in [2.05, 4.69) is 10.3 Å². The standard InChI is InChI=1S/C19H25N3O10/c1-8(23)13-16(21-19(28-6)22(5)18(13)27)20-17-15(32-11(4)26)14(31-10(3)25)12(7-29-17)30-9(2)24/h12,14-15,17,20H,7H2,1-6H3/t12-,14+,15-,17-/m1/s1. The summed E-state index contributed by atoms with van der Waals surface area (Å²) in [4.78, 5) is 63.8.